The Hall–Kier alpha value is -9.76. The van der Waals surface area contributed by atoms with Crippen molar-refractivity contribution in [3.63, 3.8) is 0 Å². The van der Waals surface area contributed by atoms with Gasteiger partial charge in [0.25, 0.3) is 0 Å². The molecule has 348 valence electrons. The summed E-state index contributed by atoms with van der Waals surface area (Å²) in [5.74, 6) is 0. The fraction of sp³-hybridized carbons (Fsp3) is 0. The zero-order valence-electron chi connectivity index (χ0n) is 40.8. The summed E-state index contributed by atoms with van der Waals surface area (Å²) in [5.41, 5.74) is 23.5. The molecule has 0 aliphatic heterocycles. The van der Waals surface area contributed by atoms with Crippen molar-refractivity contribution >= 4 is 38.9 Å². The lowest BCUT2D eigenvalue weighted by atomic mass is 9.99. The molecule has 2 heteroatoms. The Morgan fingerprint density at radius 1 is 0.189 bits per heavy atom. The monoisotopic (exact) mass is 942 g/mol. The second-order valence-electron chi connectivity index (χ2n) is 18.9. The van der Waals surface area contributed by atoms with Gasteiger partial charge < -0.3 is 9.47 Å². The van der Waals surface area contributed by atoms with Gasteiger partial charge >= 0.3 is 0 Å². The first-order chi connectivity index (χ1) is 36.7. The highest BCUT2D eigenvalue weighted by molar-refractivity contribution is 6.11. The fourth-order valence-corrected chi connectivity index (χ4v) is 10.5. The minimum absolute atomic E-state index is 1.08. The third-order valence-corrected chi connectivity index (χ3v) is 14.5. The van der Waals surface area contributed by atoms with Crippen LogP contribution in [0, 0.1) is 0 Å². The molecule has 12 aromatic carbocycles. The normalized spacial score (nSPS) is 11.2. The molecule has 0 saturated carbocycles. The number of hydrogen-bond donors (Lipinski definition) is 0. The van der Waals surface area contributed by atoms with E-state index in [0.29, 0.717) is 0 Å². The van der Waals surface area contributed by atoms with E-state index in [-0.39, 0.29) is 0 Å². The Morgan fingerprint density at radius 3 is 0.689 bits per heavy atom. The van der Waals surface area contributed by atoms with E-state index in [1.54, 1.807) is 0 Å². The molecule has 0 N–H and O–H groups in total. The maximum absolute atomic E-state index is 2.43. The van der Waals surface area contributed by atoms with E-state index in [1.807, 2.05) is 0 Å². The van der Waals surface area contributed by atoms with Gasteiger partial charge in [-0.1, -0.05) is 243 Å². The molecule has 13 rings (SSSR count). The molecule has 0 atom stereocenters. The molecular weight excluding hydrogens is 893 g/mol. The Labute approximate surface area is 433 Å². The largest absolute Gasteiger partial charge is 0.311 e. The summed E-state index contributed by atoms with van der Waals surface area (Å²) in [6, 6.07) is 110. The van der Waals surface area contributed by atoms with E-state index in [4.69, 9.17) is 0 Å². The van der Waals surface area contributed by atoms with Crippen LogP contribution in [0.4, 0.5) is 17.1 Å². The van der Waals surface area contributed by atoms with Crippen molar-refractivity contribution in [2.75, 3.05) is 4.90 Å². The number of hydrogen-bond acceptors (Lipinski definition) is 1. The average Bonchev–Trinajstić information content (AvgIpc) is 3.82. The van der Waals surface area contributed by atoms with Crippen LogP contribution in [0.1, 0.15) is 0 Å². The molecule has 0 amide bonds. The molecule has 0 spiro atoms. The van der Waals surface area contributed by atoms with E-state index in [1.165, 1.54) is 88.6 Å². The fourth-order valence-electron chi connectivity index (χ4n) is 10.5. The van der Waals surface area contributed by atoms with Crippen molar-refractivity contribution in [2.24, 2.45) is 0 Å². The zero-order valence-corrected chi connectivity index (χ0v) is 40.8. The number of nitrogens with zero attached hydrogens (tertiary/aromatic N) is 2. The van der Waals surface area contributed by atoms with E-state index < -0.39 is 0 Å². The van der Waals surface area contributed by atoms with E-state index in [9.17, 15) is 0 Å². The van der Waals surface area contributed by atoms with Crippen molar-refractivity contribution in [3.05, 3.63) is 303 Å². The standard InChI is InChI=1S/C72H50N2/c1-5-13-51(14-6-1)55-21-25-57(26-22-55)59-29-39-65(40-30-59)73(66-41-31-60(32-42-66)58-27-23-56(24-28-58)52-15-7-2-8-16-52)67-43-33-61(34-44-67)62-35-45-68(46-36-62)74-71-49-63(53-17-9-3-10-18-53)37-47-69(71)70-48-38-64(50-72(70)74)54-19-11-4-12-20-54/h1-50H. The van der Waals surface area contributed by atoms with Gasteiger partial charge in [-0.3, -0.25) is 0 Å². The summed E-state index contributed by atoms with van der Waals surface area (Å²) in [7, 11) is 0. The summed E-state index contributed by atoms with van der Waals surface area (Å²) >= 11 is 0. The highest BCUT2D eigenvalue weighted by Gasteiger charge is 2.17. The van der Waals surface area contributed by atoms with Gasteiger partial charge in [-0.05, 0) is 139 Å². The van der Waals surface area contributed by atoms with Crippen molar-refractivity contribution < 1.29 is 0 Å². The average molecular weight is 943 g/mol. The third kappa shape index (κ3) is 8.65. The summed E-state index contributed by atoms with van der Waals surface area (Å²) in [4.78, 5) is 2.35. The summed E-state index contributed by atoms with van der Waals surface area (Å²) in [6.45, 7) is 0. The predicted octanol–water partition coefficient (Wildman–Crippen LogP) is 19.9. The van der Waals surface area contributed by atoms with Crippen LogP contribution in [0.3, 0.4) is 0 Å². The molecule has 0 unspecified atom stereocenters. The number of anilines is 3. The number of rotatable bonds is 11. The van der Waals surface area contributed by atoms with Gasteiger partial charge in [0.2, 0.25) is 0 Å². The van der Waals surface area contributed by atoms with Gasteiger partial charge in [-0.25, -0.2) is 0 Å². The van der Waals surface area contributed by atoms with Crippen LogP contribution in [0.15, 0.2) is 303 Å². The molecule has 0 bridgehead atoms. The molecule has 0 aliphatic carbocycles. The highest BCUT2D eigenvalue weighted by atomic mass is 15.1. The lowest BCUT2D eigenvalue weighted by Crippen LogP contribution is -2.09. The van der Waals surface area contributed by atoms with Gasteiger partial charge in [0.1, 0.15) is 0 Å². The second kappa shape index (κ2) is 19.4. The van der Waals surface area contributed by atoms with E-state index >= 15 is 0 Å². The summed E-state index contributed by atoms with van der Waals surface area (Å²) in [5, 5.41) is 2.48. The van der Waals surface area contributed by atoms with Crippen molar-refractivity contribution in [2.45, 2.75) is 0 Å². The molecule has 0 fully saturated rings. The molecule has 74 heavy (non-hydrogen) atoms. The minimum Gasteiger partial charge on any atom is -0.311 e. The van der Waals surface area contributed by atoms with Crippen LogP contribution < -0.4 is 4.90 Å². The summed E-state index contributed by atoms with van der Waals surface area (Å²) in [6.07, 6.45) is 0. The quantitative estimate of drug-likeness (QED) is 0.125. The maximum atomic E-state index is 2.43. The Balaban J connectivity index is 0.834. The van der Waals surface area contributed by atoms with Crippen molar-refractivity contribution in [1.29, 1.82) is 0 Å². The first-order valence-corrected chi connectivity index (χ1v) is 25.4. The molecule has 0 radical (unpaired) electrons. The van der Waals surface area contributed by atoms with Crippen LogP contribution in [-0.4, -0.2) is 4.57 Å². The first kappa shape index (κ1) is 44.2. The molecule has 0 saturated heterocycles. The number of fused-ring (bicyclic) bond motifs is 3. The molecule has 1 aromatic heterocycles. The third-order valence-electron chi connectivity index (χ3n) is 14.5. The van der Waals surface area contributed by atoms with Gasteiger partial charge in [0.15, 0.2) is 0 Å². The lowest BCUT2D eigenvalue weighted by molar-refractivity contribution is 1.18. The second-order valence-corrected chi connectivity index (χ2v) is 18.9. The molecule has 13 aromatic rings. The highest BCUT2D eigenvalue weighted by Crippen LogP contribution is 2.40. The van der Waals surface area contributed by atoms with Crippen molar-refractivity contribution in [3.8, 4) is 83.6 Å². The van der Waals surface area contributed by atoms with E-state index in [2.05, 4.69) is 313 Å². The minimum atomic E-state index is 1.08. The molecular formula is C72H50N2. The topological polar surface area (TPSA) is 8.17 Å². The van der Waals surface area contributed by atoms with Crippen LogP contribution in [0.2, 0.25) is 0 Å². The Bertz CT molecular complexity index is 3790. The Morgan fingerprint density at radius 2 is 0.405 bits per heavy atom. The summed E-state index contributed by atoms with van der Waals surface area (Å²) < 4.78 is 2.43. The molecule has 0 aliphatic rings. The van der Waals surface area contributed by atoms with Crippen LogP contribution in [0.25, 0.3) is 105 Å². The Kier molecular flexibility index (Phi) is 11.6. The number of aromatic nitrogens is 1. The van der Waals surface area contributed by atoms with Crippen LogP contribution in [-0.2, 0) is 0 Å². The van der Waals surface area contributed by atoms with Crippen LogP contribution in [0.5, 0.6) is 0 Å². The first-order valence-electron chi connectivity index (χ1n) is 25.4. The smallest absolute Gasteiger partial charge is 0.0547 e. The SMILES string of the molecule is c1ccc(-c2ccc(-c3ccc(N(c4ccc(-c5ccc(-c6ccccc6)cc5)cc4)c4ccc(-c5ccc(-n6c7cc(-c8ccccc8)ccc7c7ccc(-c8ccccc8)cc76)cc5)cc4)cc3)cc2)cc1. The zero-order chi connectivity index (χ0) is 49.2. The molecule has 2 nitrogen and oxygen atoms in total. The predicted molar refractivity (Wildman–Crippen MR) is 314 cm³/mol. The lowest BCUT2D eigenvalue weighted by Gasteiger charge is -2.26. The van der Waals surface area contributed by atoms with Gasteiger partial charge in [0.05, 0.1) is 11.0 Å². The maximum Gasteiger partial charge on any atom is 0.0547 e. The van der Waals surface area contributed by atoms with E-state index in [0.717, 1.165) is 33.9 Å². The van der Waals surface area contributed by atoms with Gasteiger partial charge in [0, 0.05) is 33.5 Å². The van der Waals surface area contributed by atoms with Gasteiger partial charge in [-0.15, -0.1) is 0 Å². The number of benzene rings is 12. The van der Waals surface area contributed by atoms with Crippen molar-refractivity contribution in [1.82, 2.24) is 4.57 Å². The molecule has 1 heterocycles. The van der Waals surface area contributed by atoms with Gasteiger partial charge in [-0.2, -0.15) is 0 Å². The van der Waals surface area contributed by atoms with Crippen LogP contribution >= 0.6 is 0 Å².